The van der Waals surface area contributed by atoms with Gasteiger partial charge in [0.1, 0.15) is 0 Å². The van der Waals surface area contributed by atoms with Crippen LogP contribution in [0.3, 0.4) is 0 Å². The lowest BCUT2D eigenvalue weighted by molar-refractivity contribution is -0.127. The van der Waals surface area contributed by atoms with Crippen LogP contribution in [0.5, 0.6) is 0 Å². The van der Waals surface area contributed by atoms with Crippen molar-refractivity contribution in [3.63, 3.8) is 0 Å². The molecule has 2 rings (SSSR count). The fourth-order valence-corrected chi connectivity index (χ4v) is 3.36. The number of halogens is 2. The van der Waals surface area contributed by atoms with Gasteiger partial charge in [0, 0.05) is 24.0 Å². The molecule has 0 atom stereocenters. The second kappa shape index (κ2) is 9.62. The largest absolute Gasteiger partial charge is 0.354 e. The zero-order chi connectivity index (χ0) is 13.7. The standard InChI is InChI=1S/C14H23N3OS.2ClH/c1-2-11-10-17-12(19-11)6-9-16-13(18)14(15)7-4-3-5-8-14;;/h10H,2-9,15H2,1H3,(H,16,18);2*1H. The summed E-state index contributed by atoms with van der Waals surface area (Å²) in [5, 5.41) is 4.06. The van der Waals surface area contributed by atoms with Crippen molar-refractivity contribution in [3.05, 3.63) is 16.1 Å². The Hall–Kier alpha value is -0.360. The third-order valence-corrected chi connectivity index (χ3v) is 4.97. The Bertz CT molecular complexity index is 434. The van der Waals surface area contributed by atoms with Gasteiger partial charge in [0.05, 0.1) is 10.5 Å². The molecule has 122 valence electrons. The molecule has 21 heavy (non-hydrogen) atoms. The van der Waals surface area contributed by atoms with E-state index < -0.39 is 5.54 Å². The molecule has 3 N–H and O–H groups in total. The zero-order valence-corrected chi connectivity index (χ0v) is 14.8. The summed E-state index contributed by atoms with van der Waals surface area (Å²) in [6.07, 6.45) is 8.71. The highest BCUT2D eigenvalue weighted by atomic mass is 35.5. The SMILES string of the molecule is CCc1cnc(CCNC(=O)C2(N)CCCCC2)s1.Cl.Cl. The van der Waals surface area contributed by atoms with Crippen LogP contribution in [-0.2, 0) is 17.6 Å². The van der Waals surface area contributed by atoms with Crippen molar-refractivity contribution >= 4 is 42.1 Å². The van der Waals surface area contributed by atoms with Crippen LogP contribution in [-0.4, -0.2) is 23.0 Å². The molecule has 0 saturated heterocycles. The van der Waals surface area contributed by atoms with E-state index in [4.69, 9.17) is 5.73 Å². The molecule has 0 spiro atoms. The minimum absolute atomic E-state index is 0. The molecule has 1 heterocycles. The molecule has 0 radical (unpaired) electrons. The summed E-state index contributed by atoms with van der Waals surface area (Å²) in [7, 11) is 0. The second-order valence-electron chi connectivity index (χ2n) is 5.30. The van der Waals surface area contributed by atoms with Crippen molar-refractivity contribution in [1.29, 1.82) is 0 Å². The Morgan fingerprint density at radius 2 is 2.05 bits per heavy atom. The van der Waals surface area contributed by atoms with E-state index in [2.05, 4.69) is 17.2 Å². The van der Waals surface area contributed by atoms with Gasteiger partial charge >= 0.3 is 0 Å². The van der Waals surface area contributed by atoms with Crippen molar-refractivity contribution in [3.8, 4) is 0 Å². The Morgan fingerprint density at radius 3 is 2.62 bits per heavy atom. The van der Waals surface area contributed by atoms with Gasteiger partial charge in [0.2, 0.25) is 5.91 Å². The molecule has 1 aliphatic carbocycles. The van der Waals surface area contributed by atoms with Gasteiger partial charge in [-0.2, -0.15) is 0 Å². The summed E-state index contributed by atoms with van der Waals surface area (Å²) in [6.45, 7) is 2.76. The maximum absolute atomic E-state index is 12.1. The summed E-state index contributed by atoms with van der Waals surface area (Å²) in [4.78, 5) is 17.8. The van der Waals surface area contributed by atoms with Crippen molar-refractivity contribution in [1.82, 2.24) is 10.3 Å². The van der Waals surface area contributed by atoms with Gasteiger partial charge in [0.15, 0.2) is 0 Å². The molecule has 1 aromatic rings. The molecule has 1 saturated carbocycles. The van der Waals surface area contributed by atoms with Gasteiger partial charge in [-0.1, -0.05) is 26.2 Å². The van der Waals surface area contributed by atoms with Crippen LogP contribution in [0.25, 0.3) is 0 Å². The molecule has 1 fully saturated rings. The van der Waals surface area contributed by atoms with E-state index in [1.54, 1.807) is 11.3 Å². The molecular formula is C14H25Cl2N3OS. The summed E-state index contributed by atoms with van der Waals surface area (Å²) in [5.41, 5.74) is 5.55. The monoisotopic (exact) mass is 353 g/mol. The third-order valence-electron chi connectivity index (χ3n) is 3.77. The number of hydrogen-bond donors (Lipinski definition) is 2. The average Bonchev–Trinajstić information content (AvgIpc) is 2.87. The summed E-state index contributed by atoms with van der Waals surface area (Å²) >= 11 is 1.73. The van der Waals surface area contributed by atoms with Crippen molar-refractivity contribution in [2.45, 2.75) is 57.4 Å². The van der Waals surface area contributed by atoms with E-state index in [0.29, 0.717) is 6.54 Å². The lowest BCUT2D eigenvalue weighted by Crippen LogP contribution is -2.55. The highest BCUT2D eigenvalue weighted by Crippen LogP contribution is 2.25. The maximum Gasteiger partial charge on any atom is 0.240 e. The first kappa shape index (κ1) is 20.6. The normalized spacial score (nSPS) is 16.5. The van der Waals surface area contributed by atoms with Crippen LogP contribution in [0.2, 0.25) is 0 Å². The van der Waals surface area contributed by atoms with Crippen LogP contribution >= 0.6 is 36.2 Å². The van der Waals surface area contributed by atoms with Gasteiger partial charge in [-0.05, 0) is 19.3 Å². The number of nitrogens with one attached hydrogen (secondary N) is 1. The number of nitrogens with two attached hydrogens (primary N) is 1. The smallest absolute Gasteiger partial charge is 0.240 e. The lowest BCUT2D eigenvalue weighted by atomic mass is 9.82. The highest BCUT2D eigenvalue weighted by molar-refractivity contribution is 7.11. The maximum atomic E-state index is 12.1. The number of carbonyl (C=O) groups excluding carboxylic acids is 1. The number of carbonyl (C=O) groups is 1. The Balaban J connectivity index is 0.00000200. The zero-order valence-electron chi connectivity index (χ0n) is 12.4. The molecule has 1 amide bonds. The lowest BCUT2D eigenvalue weighted by Gasteiger charge is -2.31. The van der Waals surface area contributed by atoms with E-state index in [0.717, 1.165) is 43.5 Å². The second-order valence-corrected chi connectivity index (χ2v) is 6.50. The first-order chi connectivity index (χ1) is 9.14. The molecule has 4 nitrogen and oxygen atoms in total. The molecular weight excluding hydrogens is 329 g/mol. The van der Waals surface area contributed by atoms with Crippen LogP contribution in [0.1, 0.15) is 48.9 Å². The minimum atomic E-state index is -0.629. The fourth-order valence-electron chi connectivity index (χ4n) is 2.50. The van der Waals surface area contributed by atoms with Gasteiger partial charge in [-0.3, -0.25) is 4.79 Å². The van der Waals surface area contributed by atoms with Crippen LogP contribution in [0.15, 0.2) is 6.20 Å². The number of rotatable bonds is 5. The molecule has 7 heteroatoms. The van der Waals surface area contributed by atoms with Gasteiger partial charge in [0.25, 0.3) is 0 Å². The van der Waals surface area contributed by atoms with Crippen LogP contribution in [0.4, 0.5) is 0 Å². The van der Waals surface area contributed by atoms with Crippen LogP contribution in [0, 0.1) is 0 Å². The Morgan fingerprint density at radius 1 is 1.38 bits per heavy atom. The number of aromatic nitrogens is 1. The number of amides is 1. The molecule has 0 aromatic carbocycles. The number of aryl methyl sites for hydroxylation is 1. The molecule has 0 aliphatic heterocycles. The van der Waals surface area contributed by atoms with Gasteiger partial charge in [-0.25, -0.2) is 4.98 Å². The van der Waals surface area contributed by atoms with E-state index in [1.807, 2.05) is 6.20 Å². The Kier molecular flexibility index (Phi) is 9.45. The van der Waals surface area contributed by atoms with Crippen LogP contribution < -0.4 is 11.1 Å². The number of hydrogen-bond acceptors (Lipinski definition) is 4. The first-order valence-corrected chi connectivity index (χ1v) is 7.96. The minimum Gasteiger partial charge on any atom is -0.354 e. The predicted molar refractivity (Wildman–Crippen MR) is 92.7 cm³/mol. The third kappa shape index (κ3) is 5.74. The Labute approximate surface area is 143 Å². The topological polar surface area (TPSA) is 68.0 Å². The molecule has 1 aromatic heterocycles. The van der Waals surface area contributed by atoms with Gasteiger partial charge in [-0.15, -0.1) is 36.2 Å². The van der Waals surface area contributed by atoms with E-state index >= 15 is 0 Å². The van der Waals surface area contributed by atoms with E-state index in [-0.39, 0.29) is 30.7 Å². The molecule has 0 bridgehead atoms. The van der Waals surface area contributed by atoms with Crippen molar-refractivity contribution < 1.29 is 4.79 Å². The van der Waals surface area contributed by atoms with E-state index in [1.165, 1.54) is 11.3 Å². The van der Waals surface area contributed by atoms with Crippen molar-refractivity contribution in [2.75, 3.05) is 6.54 Å². The van der Waals surface area contributed by atoms with Crippen molar-refractivity contribution in [2.24, 2.45) is 5.73 Å². The summed E-state index contributed by atoms with van der Waals surface area (Å²) in [6, 6.07) is 0. The first-order valence-electron chi connectivity index (χ1n) is 7.15. The average molecular weight is 354 g/mol. The quantitative estimate of drug-likeness (QED) is 0.854. The molecule has 1 aliphatic rings. The number of thiazole rings is 1. The van der Waals surface area contributed by atoms with Gasteiger partial charge < -0.3 is 11.1 Å². The number of nitrogens with zero attached hydrogens (tertiary/aromatic N) is 1. The summed E-state index contributed by atoms with van der Waals surface area (Å²) in [5.74, 6) is 0.0134. The van der Waals surface area contributed by atoms with E-state index in [9.17, 15) is 4.79 Å². The molecule has 0 unspecified atom stereocenters. The predicted octanol–water partition coefficient (Wildman–Crippen LogP) is 2.87. The highest BCUT2D eigenvalue weighted by Gasteiger charge is 2.34. The summed E-state index contributed by atoms with van der Waals surface area (Å²) < 4.78 is 0. The fraction of sp³-hybridized carbons (Fsp3) is 0.714.